The van der Waals surface area contributed by atoms with Gasteiger partial charge in [-0.05, 0) is 31.8 Å². The number of ether oxygens (including phenoxy) is 1. The maximum Gasteiger partial charge on any atom is 0.405 e. The van der Waals surface area contributed by atoms with Crippen LogP contribution in [0.5, 0.6) is 0 Å². The van der Waals surface area contributed by atoms with Gasteiger partial charge in [0.1, 0.15) is 6.10 Å². The molecule has 1 aliphatic carbocycles. The van der Waals surface area contributed by atoms with E-state index in [-0.39, 0.29) is 12.2 Å². The molecule has 0 radical (unpaired) electrons. The number of hydrogen-bond donors (Lipinski definition) is 2. The Hall–Kier alpha value is -1.03. The molecule has 13 heavy (non-hydrogen) atoms. The fourth-order valence-corrected chi connectivity index (χ4v) is 1.38. The van der Waals surface area contributed by atoms with Gasteiger partial charge >= 0.3 is 6.09 Å². The second-order valence-electron chi connectivity index (χ2n) is 3.21. The Balaban J connectivity index is 2.44. The van der Waals surface area contributed by atoms with E-state index in [9.17, 15) is 9.90 Å². The summed E-state index contributed by atoms with van der Waals surface area (Å²) in [5, 5.41) is 9.36. The van der Waals surface area contributed by atoms with Crippen molar-refractivity contribution >= 4 is 6.09 Å². The number of amides is 1. The van der Waals surface area contributed by atoms with Crippen molar-refractivity contribution in [1.82, 2.24) is 0 Å². The summed E-state index contributed by atoms with van der Waals surface area (Å²) in [5.74, 6) is 0. The summed E-state index contributed by atoms with van der Waals surface area (Å²) >= 11 is 0. The van der Waals surface area contributed by atoms with E-state index < -0.39 is 6.09 Å². The van der Waals surface area contributed by atoms with Crippen LogP contribution in [0.25, 0.3) is 0 Å². The lowest BCUT2D eigenvalue weighted by Crippen LogP contribution is -2.23. The van der Waals surface area contributed by atoms with Gasteiger partial charge in [-0.25, -0.2) is 4.79 Å². The van der Waals surface area contributed by atoms with Crippen molar-refractivity contribution in [2.75, 3.05) is 0 Å². The highest BCUT2D eigenvalue weighted by molar-refractivity contribution is 5.65. The number of aliphatic hydroxyl groups is 1. The SMILES string of the molecule is NC(=O)O[C@@H]1/C=C/CC[C@@H](O)CC1. The van der Waals surface area contributed by atoms with Crippen molar-refractivity contribution in [1.29, 1.82) is 0 Å². The van der Waals surface area contributed by atoms with E-state index in [4.69, 9.17) is 10.5 Å². The number of hydrogen-bond acceptors (Lipinski definition) is 3. The van der Waals surface area contributed by atoms with Crippen molar-refractivity contribution in [3.63, 3.8) is 0 Å². The number of carbonyl (C=O) groups is 1. The van der Waals surface area contributed by atoms with Gasteiger partial charge in [-0.3, -0.25) is 0 Å². The molecule has 1 aliphatic rings. The third-order valence-corrected chi connectivity index (χ3v) is 2.07. The van der Waals surface area contributed by atoms with Crippen molar-refractivity contribution in [2.24, 2.45) is 5.73 Å². The van der Waals surface area contributed by atoms with Crippen LogP contribution in [-0.4, -0.2) is 23.4 Å². The second-order valence-corrected chi connectivity index (χ2v) is 3.21. The molecule has 1 rings (SSSR count). The average Bonchev–Trinajstić information content (AvgIpc) is 2.03. The van der Waals surface area contributed by atoms with E-state index in [1.54, 1.807) is 0 Å². The van der Waals surface area contributed by atoms with Gasteiger partial charge in [0.15, 0.2) is 0 Å². The fourth-order valence-electron chi connectivity index (χ4n) is 1.38. The molecular formula is C9H15NO3. The predicted octanol–water partition coefficient (Wildman–Crippen LogP) is 0.941. The predicted molar refractivity (Wildman–Crippen MR) is 48.1 cm³/mol. The zero-order chi connectivity index (χ0) is 9.68. The number of aliphatic hydroxyl groups excluding tert-OH is 1. The number of carbonyl (C=O) groups excluding carboxylic acids is 1. The van der Waals surface area contributed by atoms with Crippen molar-refractivity contribution in [3.05, 3.63) is 12.2 Å². The zero-order valence-corrected chi connectivity index (χ0v) is 7.48. The molecule has 0 aromatic carbocycles. The molecule has 4 nitrogen and oxygen atoms in total. The third kappa shape index (κ3) is 3.94. The highest BCUT2D eigenvalue weighted by atomic mass is 16.6. The summed E-state index contributed by atoms with van der Waals surface area (Å²) in [7, 11) is 0. The molecule has 1 amide bonds. The third-order valence-electron chi connectivity index (χ3n) is 2.07. The van der Waals surface area contributed by atoms with E-state index in [2.05, 4.69) is 0 Å². The largest absolute Gasteiger partial charge is 0.442 e. The Kier molecular flexibility index (Phi) is 3.76. The second kappa shape index (κ2) is 4.87. The quantitative estimate of drug-likeness (QED) is 0.597. The lowest BCUT2D eigenvalue weighted by atomic mass is 10.0. The van der Waals surface area contributed by atoms with Crippen LogP contribution in [0.1, 0.15) is 25.7 Å². The average molecular weight is 185 g/mol. The van der Waals surface area contributed by atoms with Crippen LogP contribution in [0.15, 0.2) is 12.2 Å². The summed E-state index contributed by atoms with van der Waals surface area (Å²) in [4.78, 5) is 10.5. The number of nitrogens with two attached hydrogens (primary N) is 1. The molecule has 4 heteroatoms. The number of primary amides is 1. The summed E-state index contributed by atoms with van der Waals surface area (Å²) in [6.07, 6.45) is 5.32. The van der Waals surface area contributed by atoms with Crippen LogP contribution in [0.3, 0.4) is 0 Å². The molecule has 2 atom stereocenters. The topological polar surface area (TPSA) is 72.6 Å². The van der Waals surface area contributed by atoms with Crippen LogP contribution in [0.2, 0.25) is 0 Å². The molecule has 0 fully saturated rings. The molecule has 0 spiro atoms. The first kappa shape index (κ1) is 10.1. The first-order valence-corrected chi connectivity index (χ1v) is 4.49. The lowest BCUT2D eigenvalue weighted by Gasteiger charge is -2.17. The van der Waals surface area contributed by atoms with E-state index in [1.807, 2.05) is 12.2 Å². The maximum absolute atomic E-state index is 10.5. The summed E-state index contributed by atoms with van der Waals surface area (Å²) in [6.45, 7) is 0. The summed E-state index contributed by atoms with van der Waals surface area (Å²) in [5.41, 5.74) is 4.89. The molecule has 3 N–H and O–H groups in total. The van der Waals surface area contributed by atoms with Gasteiger partial charge in [0.2, 0.25) is 0 Å². The molecule has 0 aromatic rings. The van der Waals surface area contributed by atoms with E-state index in [0.29, 0.717) is 12.8 Å². The van der Waals surface area contributed by atoms with E-state index in [0.717, 1.165) is 12.8 Å². The zero-order valence-electron chi connectivity index (χ0n) is 7.48. The van der Waals surface area contributed by atoms with Gasteiger partial charge in [0.05, 0.1) is 6.10 Å². The van der Waals surface area contributed by atoms with Gasteiger partial charge in [0, 0.05) is 0 Å². The van der Waals surface area contributed by atoms with Gasteiger partial charge in [-0.15, -0.1) is 0 Å². The number of rotatable bonds is 1. The lowest BCUT2D eigenvalue weighted by molar-refractivity contribution is 0.0982. The molecule has 0 unspecified atom stereocenters. The highest BCUT2D eigenvalue weighted by Crippen LogP contribution is 2.14. The Morgan fingerprint density at radius 3 is 2.92 bits per heavy atom. The minimum Gasteiger partial charge on any atom is -0.442 e. The van der Waals surface area contributed by atoms with Crippen molar-refractivity contribution in [3.8, 4) is 0 Å². The Morgan fingerprint density at radius 2 is 2.23 bits per heavy atom. The first-order chi connectivity index (χ1) is 6.18. The van der Waals surface area contributed by atoms with Crippen molar-refractivity contribution in [2.45, 2.75) is 37.9 Å². The molecule has 0 heterocycles. The summed E-state index contributed by atoms with van der Waals surface area (Å²) in [6, 6.07) is 0. The number of allylic oxidation sites excluding steroid dienone is 1. The van der Waals surface area contributed by atoms with Crippen LogP contribution in [-0.2, 0) is 4.74 Å². The minimum absolute atomic E-state index is 0.271. The van der Waals surface area contributed by atoms with E-state index in [1.165, 1.54) is 0 Å². The molecule has 0 aromatic heterocycles. The Bertz CT molecular complexity index is 203. The standard InChI is InChI=1S/C9H15NO3/c10-9(12)13-8-4-2-1-3-7(11)5-6-8/h2,4,7-8,11H,1,3,5-6H2,(H2,10,12)/b4-2+/t7-,8-/m1/s1. The van der Waals surface area contributed by atoms with Crippen LogP contribution in [0.4, 0.5) is 4.79 Å². The Labute approximate surface area is 77.4 Å². The molecule has 0 saturated carbocycles. The Morgan fingerprint density at radius 1 is 1.46 bits per heavy atom. The van der Waals surface area contributed by atoms with Gasteiger partial charge < -0.3 is 15.6 Å². The van der Waals surface area contributed by atoms with Crippen LogP contribution in [0, 0.1) is 0 Å². The van der Waals surface area contributed by atoms with Crippen LogP contribution < -0.4 is 5.73 Å². The smallest absolute Gasteiger partial charge is 0.405 e. The fraction of sp³-hybridized carbons (Fsp3) is 0.667. The first-order valence-electron chi connectivity index (χ1n) is 4.49. The monoisotopic (exact) mass is 185 g/mol. The maximum atomic E-state index is 10.5. The molecule has 74 valence electrons. The molecule has 0 bridgehead atoms. The van der Waals surface area contributed by atoms with Crippen molar-refractivity contribution < 1.29 is 14.6 Å². The van der Waals surface area contributed by atoms with E-state index >= 15 is 0 Å². The molecular weight excluding hydrogens is 170 g/mol. The summed E-state index contributed by atoms with van der Waals surface area (Å²) < 4.78 is 4.82. The highest BCUT2D eigenvalue weighted by Gasteiger charge is 2.13. The van der Waals surface area contributed by atoms with Crippen LogP contribution >= 0.6 is 0 Å². The molecule has 0 saturated heterocycles. The minimum atomic E-state index is -0.760. The normalized spacial score (nSPS) is 31.5. The van der Waals surface area contributed by atoms with Gasteiger partial charge in [0.25, 0.3) is 0 Å². The van der Waals surface area contributed by atoms with Gasteiger partial charge in [-0.2, -0.15) is 0 Å². The van der Waals surface area contributed by atoms with Gasteiger partial charge in [-0.1, -0.05) is 6.08 Å². The molecule has 0 aliphatic heterocycles.